The van der Waals surface area contributed by atoms with Gasteiger partial charge in [-0.25, -0.2) is 0 Å². The summed E-state index contributed by atoms with van der Waals surface area (Å²) in [7, 11) is 0. The van der Waals surface area contributed by atoms with E-state index in [4.69, 9.17) is 10.8 Å². The molecule has 3 atom stereocenters. The van der Waals surface area contributed by atoms with Gasteiger partial charge in [-0.05, 0) is 31.6 Å². The minimum Gasteiger partial charge on any atom is -0.481 e. The molecule has 2 aliphatic carbocycles. The summed E-state index contributed by atoms with van der Waals surface area (Å²) >= 11 is 0. The van der Waals surface area contributed by atoms with Crippen LogP contribution in [0.2, 0.25) is 0 Å². The standard InChI is InChI=1S/C13H22N2O3/c14-10(8-5-6-8)7-12(16)15-11-4-2-1-3-9(11)13(17)18/h8-11H,1-7,14H2,(H,15,16)(H,17,18). The van der Waals surface area contributed by atoms with E-state index in [1.807, 2.05) is 0 Å². The van der Waals surface area contributed by atoms with Crippen LogP contribution in [0, 0.1) is 11.8 Å². The molecule has 5 nitrogen and oxygen atoms in total. The minimum atomic E-state index is -0.800. The summed E-state index contributed by atoms with van der Waals surface area (Å²) in [5, 5.41) is 12.0. The fourth-order valence-electron chi connectivity index (χ4n) is 2.77. The molecule has 2 fully saturated rings. The van der Waals surface area contributed by atoms with Crippen LogP contribution in [0.25, 0.3) is 0 Å². The molecule has 2 rings (SSSR count). The van der Waals surface area contributed by atoms with Gasteiger partial charge in [0, 0.05) is 18.5 Å². The predicted molar refractivity (Wildman–Crippen MR) is 66.8 cm³/mol. The third-order valence-electron chi connectivity index (χ3n) is 4.08. The van der Waals surface area contributed by atoms with Gasteiger partial charge in [0.25, 0.3) is 0 Å². The highest BCUT2D eigenvalue weighted by Gasteiger charge is 2.34. The summed E-state index contributed by atoms with van der Waals surface area (Å²) in [5.41, 5.74) is 5.90. The summed E-state index contributed by atoms with van der Waals surface area (Å²) < 4.78 is 0. The Balaban J connectivity index is 1.82. The van der Waals surface area contributed by atoms with Gasteiger partial charge in [0.2, 0.25) is 5.91 Å². The fraction of sp³-hybridized carbons (Fsp3) is 0.846. The van der Waals surface area contributed by atoms with Crippen LogP contribution in [0.1, 0.15) is 44.9 Å². The van der Waals surface area contributed by atoms with Crippen LogP contribution in [-0.4, -0.2) is 29.1 Å². The number of aliphatic carboxylic acids is 1. The molecule has 2 saturated carbocycles. The smallest absolute Gasteiger partial charge is 0.308 e. The highest BCUT2D eigenvalue weighted by Crippen LogP contribution is 2.33. The van der Waals surface area contributed by atoms with Gasteiger partial charge in [0.1, 0.15) is 0 Å². The van der Waals surface area contributed by atoms with Gasteiger partial charge in [0.05, 0.1) is 5.92 Å². The Morgan fingerprint density at radius 3 is 2.50 bits per heavy atom. The van der Waals surface area contributed by atoms with Gasteiger partial charge in [0.15, 0.2) is 0 Å². The number of carboxylic acid groups (broad SMARTS) is 1. The third-order valence-corrected chi connectivity index (χ3v) is 4.08. The molecule has 4 N–H and O–H groups in total. The largest absolute Gasteiger partial charge is 0.481 e. The summed E-state index contributed by atoms with van der Waals surface area (Å²) in [6.45, 7) is 0. The topological polar surface area (TPSA) is 92.4 Å². The van der Waals surface area contributed by atoms with Crippen molar-refractivity contribution in [2.45, 2.75) is 57.0 Å². The monoisotopic (exact) mass is 254 g/mol. The van der Waals surface area contributed by atoms with Crippen molar-refractivity contribution in [3.63, 3.8) is 0 Å². The molecule has 3 unspecified atom stereocenters. The van der Waals surface area contributed by atoms with Gasteiger partial charge in [-0.15, -0.1) is 0 Å². The lowest BCUT2D eigenvalue weighted by Gasteiger charge is -2.29. The van der Waals surface area contributed by atoms with Crippen LogP contribution in [0.3, 0.4) is 0 Å². The molecule has 0 radical (unpaired) electrons. The van der Waals surface area contributed by atoms with Crippen molar-refractivity contribution in [3.05, 3.63) is 0 Å². The van der Waals surface area contributed by atoms with Crippen molar-refractivity contribution in [3.8, 4) is 0 Å². The second kappa shape index (κ2) is 5.69. The zero-order chi connectivity index (χ0) is 13.1. The average Bonchev–Trinajstić information content (AvgIpc) is 3.12. The van der Waals surface area contributed by atoms with Crippen molar-refractivity contribution < 1.29 is 14.7 Å². The Morgan fingerprint density at radius 1 is 1.22 bits per heavy atom. The molecule has 18 heavy (non-hydrogen) atoms. The van der Waals surface area contributed by atoms with Crippen LogP contribution in [0.4, 0.5) is 0 Å². The molecule has 5 heteroatoms. The lowest BCUT2D eigenvalue weighted by Crippen LogP contribution is -2.46. The number of nitrogens with two attached hydrogens (primary N) is 1. The number of hydrogen-bond donors (Lipinski definition) is 3. The molecule has 0 aromatic rings. The molecule has 0 aromatic heterocycles. The zero-order valence-electron chi connectivity index (χ0n) is 10.6. The lowest BCUT2D eigenvalue weighted by molar-refractivity contribution is -0.144. The molecule has 1 amide bonds. The Kier molecular flexibility index (Phi) is 4.22. The van der Waals surface area contributed by atoms with Gasteiger partial charge in [-0.3, -0.25) is 9.59 Å². The van der Waals surface area contributed by atoms with E-state index in [1.165, 1.54) is 0 Å². The van der Waals surface area contributed by atoms with Gasteiger partial charge >= 0.3 is 5.97 Å². The van der Waals surface area contributed by atoms with Crippen LogP contribution in [0.15, 0.2) is 0 Å². The Labute approximate surface area is 107 Å². The number of carbonyl (C=O) groups is 2. The molecular weight excluding hydrogens is 232 g/mol. The quantitative estimate of drug-likeness (QED) is 0.679. The number of rotatable bonds is 5. The van der Waals surface area contributed by atoms with Gasteiger partial charge in [-0.1, -0.05) is 12.8 Å². The van der Waals surface area contributed by atoms with Crippen molar-refractivity contribution in [2.75, 3.05) is 0 Å². The van der Waals surface area contributed by atoms with Crippen LogP contribution in [0.5, 0.6) is 0 Å². The molecule has 2 aliphatic rings. The van der Waals surface area contributed by atoms with Crippen molar-refractivity contribution in [1.82, 2.24) is 5.32 Å². The SMILES string of the molecule is NC(CC(=O)NC1CCCCC1C(=O)O)C1CC1. The second-order valence-electron chi connectivity index (χ2n) is 5.61. The minimum absolute atomic E-state index is 0.0585. The van der Waals surface area contributed by atoms with E-state index in [0.29, 0.717) is 18.8 Å². The first kappa shape index (κ1) is 13.3. The number of nitrogens with one attached hydrogen (secondary N) is 1. The summed E-state index contributed by atoms with van der Waals surface area (Å²) in [4.78, 5) is 22.9. The summed E-state index contributed by atoms with van der Waals surface area (Å²) in [5.74, 6) is -0.823. The number of carbonyl (C=O) groups excluding carboxylic acids is 1. The fourth-order valence-corrected chi connectivity index (χ4v) is 2.77. The van der Waals surface area contributed by atoms with E-state index in [1.54, 1.807) is 0 Å². The molecule has 0 bridgehead atoms. The maximum absolute atomic E-state index is 11.8. The molecule has 0 aromatic carbocycles. The van der Waals surface area contributed by atoms with E-state index in [0.717, 1.165) is 32.1 Å². The van der Waals surface area contributed by atoms with E-state index >= 15 is 0 Å². The molecule has 102 valence electrons. The first-order chi connectivity index (χ1) is 8.58. The maximum atomic E-state index is 11.8. The lowest BCUT2D eigenvalue weighted by atomic mass is 9.84. The highest BCUT2D eigenvalue weighted by atomic mass is 16.4. The van der Waals surface area contributed by atoms with E-state index in [-0.39, 0.29) is 18.0 Å². The zero-order valence-corrected chi connectivity index (χ0v) is 10.6. The second-order valence-corrected chi connectivity index (χ2v) is 5.61. The van der Waals surface area contributed by atoms with Crippen LogP contribution in [-0.2, 0) is 9.59 Å². The Hall–Kier alpha value is -1.10. The molecular formula is C13H22N2O3. The Morgan fingerprint density at radius 2 is 1.89 bits per heavy atom. The maximum Gasteiger partial charge on any atom is 0.308 e. The third kappa shape index (κ3) is 3.45. The van der Waals surface area contributed by atoms with Crippen LogP contribution >= 0.6 is 0 Å². The number of hydrogen-bond acceptors (Lipinski definition) is 3. The predicted octanol–water partition coefficient (Wildman–Crippen LogP) is 0.873. The number of carboxylic acids is 1. The first-order valence-electron chi connectivity index (χ1n) is 6.85. The van der Waals surface area contributed by atoms with Gasteiger partial charge < -0.3 is 16.2 Å². The molecule has 0 heterocycles. The Bertz CT molecular complexity index is 328. The van der Waals surface area contributed by atoms with Crippen molar-refractivity contribution in [2.24, 2.45) is 17.6 Å². The highest BCUT2D eigenvalue weighted by molar-refractivity contribution is 5.78. The summed E-state index contributed by atoms with van der Waals surface area (Å²) in [6.07, 6.45) is 5.92. The van der Waals surface area contributed by atoms with Gasteiger partial charge in [-0.2, -0.15) is 0 Å². The molecule has 0 saturated heterocycles. The van der Waals surface area contributed by atoms with Crippen molar-refractivity contribution in [1.29, 1.82) is 0 Å². The normalized spacial score (nSPS) is 29.6. The molecule has 0 spiro atoms. The summed E-state index contributed by atoms with van der Waals surface area (Å²) in [6, 6.07) is -0.271. The van der Waals surface area contributed by atoms with Crippen molar-refractivity contribution >= 4 is 11.9 Å². The molecule has 0 aliphatic heterocycles. The van der Waals surface area contributed by atoms with E-state index in [9.17, 15) is 9.59 Å². The average molecular weight is 254 g/mol. The first-order valence-corrected chi connectivity index (χ1v) is 6.85. The van der Waals surface area contributed by atoms with E-state index < -0.39 is 11.9 Å². The van der Waals surface area contributed by atoms with Crippen LogP contribution < -0.4 is 11.1 Å². The number of amides is 1. The van der Waals surface area contributed by atoms with E-state index in [2.05, 4.69) is 5.32 Å².